The van der Waals surface area contributed by atoms with Crippen molar-refractivity contribution in [2.75, 3.05) is 0 Å². The molecule has 0 radical (unpaired) electrons. The van der Waals surface area contributed by atoms with Gasteiger partial charge in [-0.1, -0.05) is 31.4 Å². The lowest BCUT2D eigenvalue weighted by Crippen LogP contribution is -2.28. The lowest BCUT2D eigenvalue weighted by atomic mass is 9.80. The zero-order chi connectivity index (χ0) is 13.2. The van der Waals surface area contributed by atoms with E-state index >= 15 is 0 Å². The van der Waals surface area contributed by atoms with Crippen molar-refractivity contribution >= 4 is 0 Å². The summed E-state index contributed by atoms with van der Waals surface area (Å²) in [6, 6.07) is 5.64. The van der Waals surface area contributed by atoms with Gasteiger partial charge in [0.25, 0.3) is 0 Å². The van der Waals surface area contributed by atoms with Gasteiger partial charge in [-0.3, -0.25) is 0 Å². The van der Waals surface area contributed by atoms with Crippen LogP contribution >= 0.6 is 0 Å². The maximum Gasteiger partial charge on any atom is 0.573 e. The first-order chi connectivity index (χ1) is 8.39. The lowest BCUT2D eigenvalue weighted by molar-refractivity contribution is -0.274. The second-order valence-corrected chi connectivity index (χ2v) is 4.67. The fraction of sp³-hybridized carbons (Fsp3) is 0.538. The summed E-state index contributed by atoms with van der Waals surface area (Å²) in [6.07, 6.45) is -0.693. The molecule has 2 nitrogen and oxygen atoms in total. The van der Waals surface area contributed by atoms with Crippen LogP contribution in [0, 0.1) is 0 Å². The maximum absolute atomic E-state index is 12.1. The summed E-state index contributed by atoms with van der Waals surface area (Å²) in [5, 5.41) is 10.4. The Hall–Kier alpha value is -1.23. The van der Waals surface area contributed by atoms with E-state index in [4.69, 9.17) is 0 Å². The van der Waals surface area contributed by atoms with E-state index in [-0.39, 0.29) is 5.75 Å². The number of halogens is 3. The van der Waals surface area contributed by atoms with Crippen LogP contribution < -0.4 is 4.74 Å². The van der Waals surface area contributed by atoms with Crippen molar-refractivity contribution in [3.8, 4) is 5.75 Å². The zero-order valence-corrected chi connectivity index (χ0v) is 9.83. The summed E-state index contributed by atoms with van der Waals surface area (Å²) in [5.41, 5.74) is -0.507. The van der Waals surface area contributed by atoms with Crippen LogP contribution in [-0.4, -0.2) is 11.5 Å². The minimum atomic E-state index is -4.70. The van der Waals surface area contributed by atoms with Gasteiger partial charge in [-0.2, -0.15) is 0 Å². The molecule has 0 atom stereocenters. The Bertz CT molecular complexity index is 409. The van der Waals surface area contributed by atoms with Crippen LogP contribution in [0.3, 0.4) is 0 Å². The van der Waals surface area contributed by atoms with Gasteiger partial charge < -0.3 is 9.84 Å². The standard InChI is InChI=1S/C13H15F3O2/c14-13(15,16)18-11-6-4-5-10(9-11)12(17)7-2-1-3-8-12/h4-6,9,17H,1-3,7-8H2. The van der Waals surface area contributed by atoms with Gasteiger partial charge in [-0.15, -0.1) is 13.2 Å². The van der Waals surface area contributed by atoms with E-state index < -0.39 is 12.0 Å². The summed E-state index contributed by atoms with van der Waals surface area (Å²) >= 11 is 0. The van der Waals surface area contributed by atoms with Crippen LogP contribution in [0.4, 0.5) is 13.2 Å². The van der Waals surface area contributed by atoms with Crippen molar-refractivity contribution in [2.45, 2.75) is 44.1 Å². The number of alkyl halides is 3. The third-order valence-electron chi connectivity index (χ3n) is 3.29. The Labute approximate surface area is 103 Å². The molecule has 1 aliphatic carbocycles. The van der Waals surface area contributed by atoms with Gasteiger partial charge >= 0.3 is 6.36 Å². The van der Waals surface area contributed by atoms with Gasteiger partial charge in [0.05, 0.1) is 5.60 Å². The predicted molar refractivity (Wildman–Crippen MR) is 60.1 cm³/mol. The van der Waals surface area contributed by atoms with Gasteiger partial charge in [0.2, 0.25) is 0 Å². The smallest absolute Gasteiger partial charge is 0.406 e. The molecule has 0 saturated heterocycles. The molecule has 1 aromatic carbocycles. The fourth-order valence-corrected chi connectivity index (χ4v) is 2.41. The summed E-state index contributed by atoms with van der Waals surface area (Å²) in [5.74, 6) is -0.279. The Morgan fingerprint density at radius 1 is 1.11 bits per heavy atom. The normalized spacial score (nSPS) is 19.6. The molecule has 0 amide bonds. The van der Waals surface area contributed by atoms with E-state index in [0.717, 1.165) is 19.3 Å². The second-order valence-electron chi connectivity index (χ2n) is 4.67. The molecule has 1 N–H and O–H groups in total. The number of rotatable bonds is 2. The number of benzene rings is 1. The highest BCUT2D eigenvalue weighted by atomic mass is 19.4. The number of aliphatic hydroxyl groups is 1. The van der Waals surface area contributed by atoms with Crippen LogP contribution in [0.25, 0.3) is 0 Å². The molecule has 0 bridgehead atoms. The van der Waals surface area contributed by atoms with Crippen LogP contribution in [0.15, 0.2) is 24.3 Å². The molecule has 0 heterocycles. The quantitative estimate of drug-likeness (QED) is 0.877. The van der Waals surface area contributed by atoms with Crippen molar-refractivity contribution in [2.24, 2.45) is 0 Å². The largest absolute Gasteiger partial charge is 0.573 e. The topological polar surface area (TPSA) is 29.5 Å². The van der Waals surface area contributed by atoms with Crippen molar-refractivity contribution in [3.05, 3.63) is 29.8 Å². The third kappa shape index (κ3) is 3.16. The minimum Gasteiger partial charge on any atom is -0.406 e. The molecule has 1 fully saturated rings. The molecular weight excluding hydrogens is 245 g/mol. The molecule has 2 rings (SSSR count). The van der Waals surface area contributed by atoms with Gasteiger partial charge in [-0.05, 0) is 30.5 Å². The lowest BCUT2D eigenvalue weighted by Gasteiger charge is -2.32. The first kappa shape index (κ1) is 13.2. The summed E-state index contributed by atoms with van der Waals surface area (Å²) in [7, 11) is 0. The predicted octanol–water partition coefficient (Wildman–Crippen LogP) is 3.74. The Morgan fingerprint density at radius 2 is 1.78 bits per heavy atom. The van der Waals surface area contributed by atoms with Crippen LogP contribution in [-0.2, 0) is 5.60 Å². The first-order valence-corrected chi connectivity index (χ1v) is 5.98. The average Bonchev–Trinajstić information content (AvgIpc) is 2.28. The molecule has 1 aromatic rings. The number of hydrogen-bond acceptors (Lipinski definition) is 2. The number of ether oxygens (including phenoxy) is 1. The van der Waals surface area contributed by atoms with Gasteiger partial charge in [0.1, 0.15) is 5.75 Å². The van der Waals surface area contributed by atoms with Gasteiger partial charge in [0, 0.05) is 0 Å². The van der Waals surface area contributed by atoms with Crippen LogP contribution in [0.5, 0.6) is 5.75 Å². The van der Waals surface area contributed by atoms with E-state index in [1.807, 2.05) is 0 Å². The van der Waals surface area contributed by atoms with Crippen LogP contribution in [0.1, 0.15) is 37.7 Å². The zero-order valence-electron chi connectivity index (χ0n) is 9.83. The molecule has 100 valence electrons. The molecule has 0 aliphatic heterocycles. The SMILES string of the molecule is OC1(c2cccc(OC(F)(F)F)c2)CCCCC1. The second kappa shape index (κ2) is 4.80. The minimum absolute atomic E-state index is 0.279. The van der Waals surface area contributed by atoms with Crippen molar-refractivity contribution in [3.63, 3.8) is 0 Å². The van der Waals surface area contributed by atoms with E-state index in [0.29, 0.717) is 18.4 Å². The average molecular weight is 260 g/mol. The van der Waals surface area contributed by atoms with E-state index in [1.54, 1.807) is 6.07 Å². The maximum atomic E-state index is 12.1. The summed E-state index contributed by atoms with van der Waals surface area (Å²) in [6.45, 7) is 0. The van der Waals surface area contributed by atoms with Gasteiger partial charge in [-0.25, -0.2) is 0 Å². The van der Waals surface area contributed by atoms with Crippen molar-refractivity contribution in [1.29, 1.82) is 0 Å². The molecule has 1 aliphatic rings. The van der Waals surface area contributed by atoms with Crippen molar-refractivity contribution < 1.29 is 23.0 Å². The van der Waals surface area contributed by atoms with E-state index in [2.05, 4.69) is 4.74 Å². The Kier molecular flexibility index (Phi) is 3.52. The molecular formula is C13H15F3O2. The highest BCUT2D eigenvalue weighted by Gasteiger charge is 2.34. The highest BCUT2D eigenvalue weighted by Crippen LogP contribution is 2.38. The monoisotopic (exact) mass is 260 g/mol. The molecule has 0 unspecified atom stereocenters. The first-order valence-electron chi connectivity index (χ1n) is 5.98. The molecule has 5 heteroatoms. The third-order valence-corrected chi connectivity index (χ3v) is 3.29. The fourth-order valence-electron chi connectivity index (χ4n) is 2.41. The Morgan fingerprint density at radius 3 is 2.39 bits per heavy atom. The summed E-state index contributed by atoms with van der Waals surface area (Å²) in [4.78, 5) is 0. The summed E-state index contributed by atoms with van der Waals surface area (Å²) < 4.78 is 40.2. The number of hydrogen-bond donors (Lipinski definition) is 1. The van der Waals surface area contributed by atoms with E-state index in [1.165, 1.54) is 18.2 Å². The Balaban J connectivity index is 2.21. The molecule has 0 spiro atoms. The molecule has 1 saturated carbocycles. The van der Waals surface area contributed by atoms with E-state index in [9.17, 15) is 18.3 Å². The van der Waals surface area contributed by atoms with Crippen molar-refractivity contribution in [1.82, 2.24) is 0 Å². The van der Waals surface area contributed by atoms with Crippen LogP contribution in [0.2, 0.25) is 0 Å². The molecule has 0 aromatic heterocycles. The highest BCUT2D eigenvalue weighted by molar-refractivity contribution is 5.32. The van der Waals surface area contributed by atoms with Gasteiger partial charge in [0.15, 0.2) is 0 Å². The molecule has 18 heavy (non-hydrogen) atoms.